The van der Waals surface area contributed by atoms with Gasteiger partial charge in [-0.3, -0.25) is 0 Å². The third kappa shape index (κ3) is 14.8. The maximum Gasteiger partial charge on any atom is 0.293 e. The summed E-state index contributed by atoms with van der Waals surface area (Å²) in [6, 6.07) is 108. The van der Waals surface area contributed by atoms with Crippen LogP contribution < -0.4 is 0 Å². The molecule has 0 spiro atoms. The number of benzene rings is 13. The van der Waals surface area contributed by atoms with Crippen molar-refractivity contribution in [2.45, 2.75) is 27.2 Å². The zero-order valence-corrected chi connectivity index (χ0v) is 69.6. The Morgan fingerprint density at radius 3 is 1.11 bits per heavy atom. The highest BCUT2D eigenvalue weighted by atomic mass is 19.1. The van der Waals surface area contributed by atoms with Crippen LogP contribution in [0.2, 0.25) is 0 Å². The lowest BCUT2D eigenvalue weighted by atomic mass is 9.94. The molecule has 0 amide bonds. The molecule has 21 aromatic rings. The summed E-state index contributed by atoms with van der Waals surface area (Å²) in [4.78, 5) is 35.9. The molecule has 0 fully saturated rings. The van der Waals surface area contributed by atoms with E-state index in [9.17, 15) is 17.6 Å². The Labute approximate surface area is 737 Å². The van der Waals surface area contributed by atoms with Crippen LogP contribution in [0.1, 0.15) is 38.3 Å². The van der Waals surface area contributed by atoms with Crippen LogP contribution in [0.25, 0.3) is 174 Å². The number of rotatable bonds is 9. The van der Waals surface area contributed by atoms with Gasteiger partial charge in [0.15, 0.2) is 0 Å². The van der Waals surface area contributed by atoms with Gasteiger partial charge < -0.3 is 46.4 Å². The number of hydrogen-bond donors (Lipinski definition) is 0. The third-order valence-corrected chi connectivity index (χ3v) is 23.7. The minimum atomic E-state index is -0.340. The third-order valence-electron chi connectivity index (χ3n) is 23.7. The van der Waals surface area contributed by atoms with Gasteiger partial charge in [0, 0.05) is 118 Å². The SMILES string of the molecule is Fc1ccc2c(c1)c1cc(F)ccc1n2-c1ccc(-c2cn3ccccc3c2-c2ccccc2)cc1.Fc1ccc2c(c1)c1cc(F)ccc1n2-c1ccc(-c2cn3ccccc3n2)cc1.[C-]#[N+]C1=C([N+]#[C-])N=C(c2ccc(-n3c4ccccc4c4ccccc43)cc2)C(C)C(C)=N1.[C-]#[N+]C1=C([N+]#[C-])N=C(c2ccc(-n3c4ccccc4c4ccccc43)cc2)CC(C)=N1. The maximum absolute atomic E-state index is 14.1. The molecule has 1 atom stereocenters. The number of aromatic nitrogens is 7. The van der Waals surface area contributed by atoms with Crippen LogP contribution in [-0.2, 0) is 0 Å². The molecule has 23 rings (SSSR count). The number of fused-ring (bicyclic) bond motifs is 14. The average molecular weight is 1680 g/mol. The van der Waals surface area contributed by atoms with Crippen LogP contribution in [0.5, 0.6) is 0 Å². The summed E-state index contributed by atoms with van der Waals surface area (Å²) < 4.78 is 68.7. The van der Waals surface area contributed by atoms with E-state index in [4.69, 9.17) is 26.3 Å². The molecule has 0 aliphatic carbocycles. The average Bonchev–Trinajstić information content (AvgIpc) is 1.60. The Kier molecular flexibility index (Phi) is 20.7. The van der Waals surface area contributed by atoms with Gasteiger partial charge in [-0.05, 0) is 226 Å². The van der Waals surface area contributed by atoms with E-state index in [2.05, 4.69) is 257 Å². The number of para-hydroxylation sites is 4. The van der Waals surface area contributed by atoms with Gasteiger partial charge in [-0.15, -0.1) is 20.0 Å². The quantitative estimate of drug-likeness (QED) is 0.104. The van der Waals surface area contributed by atoms with E-state index in [0.29, 0.717) is 28.0 Å². The monoisotopic (exact) mass is 1680 g/mol. The van der Waals surface area contributed by atoms with Gasteiger partial charge in [0.1, 0.15) is 51.8 Å². The number of halogens is 4. The van der Waals surface area contributed by atoms with Gasteiger partial charge in [0.25, 0.3) is 23.3 Å². The summed E-state index contributed by atoms with van der Waals surface area (Å²) in [5, 5.41) is 7.65. The molecule has 8 aromatic heterocycles. The zero-order chi connectivity index (χ0) is 88.1. The predicted octanol–water partition coefficient (Wildman–Crippen LogP) is 28.1. The summed E-state index contributed by atoms with van der Waals surface area (Å²) in [7, 11) is 0. The van der Waals surface area contributed by atoms with Crippen LogP contribution in [0.15, 0.2) is 402 Å². The molecule has 0 N–H and O–H groups in total. The fourth-order valence-corrected chi connectivity index (χ4v) is 17.7. The molecule has 2 aliphatic heterocycles. The van der Waals surface area contributed by atoms with E-state index in [1.807, 2.05) is 121 Å². The van der Waals surface area contributed by atoms with Gasteiger partial charge in [0.05, 0.1) is 67.7 Å². The molecule has 614 valence electrons. The number of pyridine rings is 2. The largest absolute Gasteiger partial charge is 0.370 e. The van der Waals surface area contributed by atoms with Crippen molar-refractivity contribution in [3.05, 3.63) is 462 Å². The van der Waals surface area contributed by atoms with Crippen molar-refractivity contribution in [1.29, 1.82) is 0 Å². The van der Waals surface area contributed by atoms with Gasteiger partial charge in [-0.1, -0.05) is 166 Å². The van der Waals surface area contributed by atoms with Crippen molar-refractivity contribution in [3.8, 4) is 56.3 Å². The lowest BCUT2D eigenvalue weighted by molar-refractivity contribution is 0.628. The number of imidazole rings is 1. The molecule has 13 aromatic carbocycles. The molecule has 0 bridgehead atoms. The van der Waals surface area contributed by atoms with E-state index in [0.717, 1.165) is 140 Å². The van der Waals surface area contributed by atoms with Gasteiger partial charge in [-0.2, -0.15) is 0 Å². The van der Waals surface area contributed by atoms with E-state index < -0.39 is 0 Å². The molecule has 10 heterocycles. The van der Waals surface area contributed by atoms with Crippen LogP contribution in [0, 0.1) is 55.5 Å². The first-order valence-electron chi connectivity index (χ1n) is 41.7. The molecular weight excluding hydrogens is 1610 g/mol. The van der Waals surface area contributed by atoms with Gasteiger partial charge in [-0.25, -0.2) is 22.5 Å². The van der Waals surface area contributed by atoms with E-state index in [-0.39, 0.29) is 52.5 Å². The predicted molar refractivity (Wildman–Crippen MR) is 513 cm³/mol. The first-order chi connectivity index (χ1) is 63.1. The van der Waals surface area contributed by atoms with Crippen LogP contribution in [0.4, 0.5) is 17.6 Å². The van der Waals surface area contributed by atoms with Crippen LogP contribution >= 0.6 is 0 Å². The first-order valence-corrected chi connectivity index (χ1v) is 41.7. The van der Waals surface area contributed by atoms with Crippen molar-refractivity contribution in [3.63, 3.8) is 0 Å². The highest BCUT2D eigenvalue weighted by molar-refractivity contribution is 6.17. The van der Waals surface area contributed by atoms with E-state index >= 15 is 0 Å². The molecular formula is C110H71F4N15. The van der Waals surface area contributed by atoms with E-state index in [1.54, 1.807) is 24.3 Å². The van der Waals surface area contributed by atoms with Crippen LogP contribution in [-0.4, -0.2) is 54.9 Å². The smallest absolute Gasteiger partial charge is 0.293 e. The lowest BCUT2D eigenvalue weighted by Gasteiger charge is -2.11. The number of aliphatic imine (C=N–C) groups is 4. The van der Waals surface area contributed by atoms with Crippen molar-refractivity contribution in [2.24, 2.45) is 25.9 Å². The normalized spacial score (nSPS) is 13.4. The Balaban J connectivity index is 0.000000108. The number of hydrogen-bond acceptors (Lipinski definition) is 5. The minimum Gasteiger partial charge on any atom is -0.370 e. The Hall–Kier alpha value is -17.7. The fraction of sp³-hybridized carbons (Fsp3) is 0.0455. The van der Waals surface area contributed by atoms with Crippen LogP contribution in [0.3, 0.4) is 0 Å². The molecule has 0 radical (unpaired) electrons. The highest BCUT2D eigenvalue weighted by Gasteiger charge is 2.29. The standard InChI is InChI=1S/C32H20F2N2.C27H19N5.C26H17N5.C25H15F2N3/c33-23-11-15-29-26(18-23)27-19-24(34)12-16-30(27)36(29)25-13-9-21(10-14-25)28-20-35-17-5-4-8-31(35)32(28)22-6-2-1-3-7-22;1-17-18(2)30-26(28-3)27(29-4)31-25(17)19-13-15-20(16-14-19)32-23-11-7-5-9-21(23)22-10-6-8-12-24(22)32;1-17-16-22(30-26(28-3)25(27-2)29-17)18-12-14-19(15-13-18)31-23-10-6-4-8-20(23)21-9-5-7-11-24(21)31;26-17-6-10-23-20(13-17)21-14-18(27)7-11-24(21)30(23)19-8-4-16(5-9-19)22-15-29-12-2-1-3-25(29)28-22/h1-20H;5-17H,1-2H3;4-15H,16H2,1H3;1-15H. The molecule has 1 unspecified atom stereocenters. The minimum absolute atomic E-state index is 0.0465. The summed E-state index contributed by atoms with van der Waals surface area (Å²) in [6.45, 7) is 35.2. The second kappa shape index (κ2) is 33.5. The first kappa shape index (κ1) is 79.8. The van der Waals surface area contributed by atoms with Gasteiger partial charge >= 0.3 is 0 Å². The highest BCUT2D eigenvalue weighted by Crippen LogP contribution is 2.42. The molecule has 0 saturated heterocycles. The summed E-state index contributed by atoms with van der Waals surface area (Å²) in [5.41, 5.74) is 25.3. The molecule has 19 heteroatoms. The van der Waals surface area contributed by atoms with Crippen molar-refractivity contribution in [2.75, 3.05) is 0 Å². The topological polar surface area (TPSA) is 108 Å². The second-order valence-electron chi connectivity index (χ2n) is 31.4. The molecule has 2 aliphatic rings. The Bertz CT molecular complexity index is 8260. The second-order valence-corrected chi connectivity index (χ2v) is 31.4. The molecule has 15 nitrogen and oxygen atoms in total. The molecule has 129 heavy (non-hydrogen) atoms. The number of nitrogens with zero attached hydrogens (tertiary/aromatic N) is 15. The summed E-state index contributed by atoms with van der Waals surface area (Å²) in [6.07, 6.45) is 8.70. The van der Waals surface area contributed by atoms with Gasteiger partial charge in [0.2, 0.25) is 0 Å². The van der Waals surface area contributed by atoms with E-state index in [1.165, 1.54) is 75.6 Å². The summed E-state index contributed by atoms with van der Waals surface area (Å²) >= 11 is 0. The maximum atomic E-state index is 14.1. The Morgan fingerprint density at radius 1 is 0.310 bits per heavy atom. The summed E-state index contributed by atoms with van der Waals surface area (Å²) in [5.74, 6) is -1.24. The molecule has 0 saturated carbocycles. The van der Waals surface area contributed by atoms with Crippen molar-refractivity contribution >= 4 is 121 Å². The Morgan fingerprint density at radius 2 is 0.667 bits per heavy atom. The van der Waals surface area contributed by atoms with Crippen molar-refractivity contribution < 1.29 is 17.6 Å². The lowest BCUT2D eigenvalue weighted by Crippen LogP contribution is -2.19. The zero-order valence-electron chi connectivity index (χ0n) is 69.6. The fourth-order valence-electron chi connectivity index (χ4n) is 17.7. The van der Waals surface area contributed by atoms with Crippen molar-refractivity contribution in [1.82, 2.24) is 32.1 Å².